The van der Waals surface area contributed by atoms with Crippen molar-refractivity contribution in [3.8, 4) is 6.07 Å². The molecule has 0 saturated carbocycles. The molecule has 4 aromatic heterocycles. The number of nitriles is 1. The molecule has 2 fully saturated rings. The van der Waals surface area contributed by atoms with E-state index < -0.39 is 0 Å². The number of benzene rings is 2. The van der Waals surface area contributed by atoms with Crippen LogP contribution < -0.4 is 23.5 Å². The van der Waals surface area contributed by atoms with Gasteiger partial charge in [-0.15, -0.1) is 0 Å². The highest BCUT2D eigenvalue weighted by atomic mass is 127. The number of likely N-dealkylation sites (tertiary alicyclic amines) is 2. The number of fused-ring (bicyclic) bond motifs is 4. The predicted octanol–water partition coefficient (Wildman–Crippen LogP) is 8.78. The molecule has 0 unspecified atom stereocenters. The summed E-state index contributed by atoms with van der Waals surface area (Å²) in [6.45, 7) is 18.1. The molecule has 0 amide bonds. The second-order valence-corrected chi connectivity index (χ2v) is 23.0. The number of piperidine rings is 2. The van der Waals surface area contributed by atoms with Crippen molar-refractivity contribution in [2.45, 2.75) is 182 Å². The zero-order chi connectivity index (χ0) is 62.2. The number of quaternary nitrogens is 1. The van der Waals surface area contributed by atoms with E-state index in [2.05, 4.69) is 24.7 Å². The normalized spacial score (nSPS) is 17.1. The minimum atomic E-state index is -0.341. The molecule has 0 spiro atoms. The highest BCUT2D eigenvalue weighted by Crippen LogP contribution is 2.36. The van der Waals surface area contributed by atoms with E-state index >= 15 is 0 Å². The Balaban J connectivity index is 0.000000245. The van der Waals surface area contributed by atoms with Crippen LogP contribution in [0.25, 0.3) is 21.9 Å². The average Bonchev–Trinajstić information content (AvgIpc) is 3.67. The van der Waals surface area contributed by atoms with Gasteiger partial charge in [0, 0.05) is 135 Å². The quantitative estimate of drug-likeness (QED) is 0.0257. The number of carbonyl (C=O) groups excluding carboxylic acids is 3. The number of hydrogen-bond donors (Lipinski definition) is 0. The van der Waals surface area contributed by atoms with Crippen molar-refractivity contribution in [3.63, 3.8) is 0 Å². The van der Waals surface area contributed by atoms with Crippen LogP contribution >= 0.6 is 34.2 Å². The Morgan fingerprint density at radius 3 is 1.61 bits per heavy atom. The minimum Gasteiger partial charge on any atom is -1.00 e. The van der Waals surface area contributed by atoms with Crippen molar-refractivity contribution < 1.29 is 63.3 Å². The number of aryl methyl sites for hydroxylation is 4. The maximum Gasteiger partial charge on any atom is 0.310 e. The summed E-state index contributed by atoms with van der Waals surface area (Å²) in [6, 6.07) is 10.9. The predicted molar refractivity (Wildman–Crippen MR) is 332 cm³/mol. The van der Waals surface area contributed by atoms with E-state index in [0.29, 0.717) is 65.1 Å². The molecule has 0 bridgehead atoms. The van der Waals surface area contributed by atoms with Crippen molar-refractivity contribution >= 4 is 74.0 Å². The fourth-order valence-corrected chi connectivity index (χ4v) is 12.0. The van der Waals surface area contributed by atoms with Gasteiger partial charge >= 0.3 is 17.9 Å². The number of esters is 3. The van der Waals surface area contributed by atoms with E-state index in [-0.39, 0.29) is 65.1 Å². The van der Waals surface area contributed by atoms with Gasteiger partial charge in [0.15, 0.2) is 17.2 Å². The number of ether oxygens (including phenoxy) is 3. The van der Waals surface area contributed by atoms with Crippen molar-refractivity contribution in [2.75, 3.05) is 56.7 Å². The van der Waals surface area contributed by atoms with E-state index in [1.807, 2.05) is 66.3 Å². The molecule has 476 valence electrons. The van der Waals surface area contributed by atoms with Gasteiger partial charge in [0.2, 0.25) is 6.73 Å². The zero-order valence-electron chi connectivity index (χ0n) is 51.1. The van der Waals surface area contributed by atoms with Crippen LogP contribution in [-0.2, 0) is 67.4 Å². The third-order valence-corrected chi connectivity index (χ3v) is 16.6. The van der Waals surface area contributed by atoms with Crippen LogP contribution in [0.2, 0.25) is 0 Å². The van der Waals surface area contributed by atoms with Crippen LogP contribution in [0.15, 0.2) is 55.0 Å². The van der Waals surface area contributed by atoms with Gasteiger partial charge in [-0.2, -0.15) is 5.26 Å². The van der Waals surface area contributed by atoms with E-state index in [1.165, 1.54) is 31.2 Å². The zero-order valence-corrected chi connectivity index (χ0v) is 54.8. The molecule has 2 aromatic carbocycles. The first-order chi connectivity index (χ1) is 41.5. The Kier molecular flexibility index (Phi) is 30.2. The fraction of sp³-hybridized carbons (Fsp3) is 0.587. The van der Waals surface area contributed by atoms with Gasteiger partial charge in [-0.1, -0.05) is 42.7 Å². The van der Waals surface area contributed by atoms with Gasteiger partial charge in [-0.3, -0.25) is 37.6 Å². The summed E-state index contributed by atoms with van der Waals surface area (Å²) in [4.78, 5) is 71.1. The minimum absolute atomic E-state index is 0. The van der Waals surface area contributed by atoms with Gasteiger partial charge in [0.25, 0.3) is 11.1 Å². The van der Waals surface area contributed by atoms with Crippen LogP contribution in [-0.4, -0.2) is 113 Å². The molecule has 8 heterocycles. The second kappa shape index (κ2) is 36.6. The third-order valence-electron chi connectivity index (χ3n) is 16.2. The van der Waals surface area contributed by atoms with E-state index in [1.54, 1.807) is 18.2 Å². The summed E-state index contributed by atoms with van der Waals surface area (Å²) in [5, 5.41) is 17.6. The number of alkyl halides is 2. The standard InChI is InChI=1S/C28H36FN4O4.C23H27FN4O2.C5H9ClO2.C5H9IO2.C2H3N.ClH/c1-3-6-26(34)36-18-33(16-12-22-19(2)30-25-7-4-5-13-32(25)28(22)35)14-10-20(11-15-33)27-23-9-8-21(29)17-24(23)37-31-27;1-15-18(23(29)28-10-3-2-4-21(28)25-15)9-13-27-11-7-16(8-12-27)22-19-6-5-17(24)14-20(19)30-26-22;2*1-2-3-5(7)8-4-6;1-2-3;/h8-9,17,20H,3-7,10-16,18H2,1-2H3;5-6,14,16H,2-4,7-13H2,1H3;2*2-4H2,1H3;1H3;1H/q+1;;;;;/p-1. The van der Waals surface area contributed by atoms with Crippen LogP contribution in [0, 0.1) is 36.8 Å². The Bertz CT molecular complexity index is 3320. The number of nitrogens with zero attached hydrogens (tertiary/aromatic N) is 9. The smallest absolute Gasteiger partial charge is 0.310 e. The number of halogens is 5. The molecular weight excluding hydrogens is 1280 g/mol. The number of hydrogen-bond acceptors (Lipinski definition) is 16. The molecule has 6 aromatic rings. The first kappa shape index (κ1) is 71.9. The molecule has 4 aliphatic rings. The van der Waals surface area contributed by atoms with Crippen LogP contribution in [0.4, 0.5) is 8.78 Å². The lowest BCUT2D eigenvalue weighted by Gasteiger charge is -2.42. The highest BCUT2D eigenvalue weighted by molar-refractivity contribution is 14.1. The summed E-state index contributed by atoms with van der Waals surface area (Å²) in [5.74, 6) is 1.22. The Morgan fingerprint density at radius 1 is 0.701 bits per heavy atom. The summed E-state index contributed by atoms with van der Waals surface area (Å²) in [7, 11) is 0. The first-order valence-corrected chi connectivity index (χ1v) is 32.3. The molecule has 4 aliphatic heterocycles. The Labute approximate surface area is 532 Å². The van der Waals surface area contributed by atoms with Gasteiger partial charge in [-0.05, 0) is 138 Å². The summed E-state index contributed by atoms with van der Waals surface area (Å²) < 4.78 is 57.3. The molecule has 0 atom stereocenters. The van der Waals surface area contributed by atoms with Crippen molar-refractivity contribution in [1.82, 2.24) is 34.3 Å². The molecule has 19 nitrogen and oxygen atoms in total. The van der Waals surface area contributed by atoms with E-state index in [0.717, 1.165) is 192 Å². The third kappa shape index (κ3) is 20.6. The van der Waals surface area contributed by atoms with Gasteiger partial charge in [0.1, 0.15) is 27.9 Å². The van der Waals surface area contributed by atoms with E-state index in [9.17, 15) is 32.8 Å². The topological polar surface area (TPSA) is 228 Å². The number of rotatable bonds is 18. The highest BCUT2D eigenvalue weighted by Gasteiger charge is 2.38. The largest absolute Gasteiger partial charge is 1.00 e. The van der Waals surface area contributed by atoms with Gasteiger partial charge in [-0.25, -0.2) is 18.7 Å². The number of aromatic nitrogens is 6. The van der Waals surface area contributed by atoms with E-state index in [4.69, 9.17) is 40.6 Å². The lowest BCUT2D eigenvalue weighted by molar-refractivity contribution is -0.948. The van der Waals surface area contributed by atoms with Crippen LogP contribution in [0.1, 0.15) is 175 Å². The molecule has 0 radical (unpaired) electrons. The van der Waals surface area contributed by atoms with Gasteiger partial charge in [0.05, 0.1) is 37.1 Å². The summed E-state index contributed by atoms with van der Waals surface area (Å²) in [5.41, 5.74) is 6.38. The Hall–Kier alpha value is -5.87. The lowest BCUT2D eigenvalue weighted by Crippen LogP contribution is -3.00. The fourth-order valence-electron chi connectivity index (χ4n) is 11.5. The lowest BCUT2D eigenvalue weighted by atomic mass is 9.90. The van der Waals surface area contributed by atoms with Crippen molar-refractivity contribution in [3.05, 3.63) is 114 Å². The molecular formula is C63H84Cl2F2IN9O10. The second-order valence-electron chi connectivity index (χ2n) is 22.2. The summed E-state index contributed by atoms with van der Waals surface area (Å²) >= 11 is 7.09. The maximum atomic E-state index is 13.6. The SMILES string of the molecule is CC#N.CCCC(=O)OCCl.CCCC(=O)OCI.CCCC(=O)OC[N+]1(CCc2c(C)nc3n(c2=O)CCCC3)CCC(c2noc3cc(F)ccc23)CC1.Cc1nc2n(c(=O)c1CCN1CCC(c3noc4cc(F)ccc34)CC1)CCCC2.[Cl-]. The van der Waals surface area contributed by atoms with Crippen molar-refractivity contribution in [2.24, 2.45) is 0 Å². The monoisotopic (exact) mass is 1360 g/mol. The molecule has 0 aliphatic carbocycles. The first-order valence-electron chi connectivity index (χ1n) is 30.3. The maximum absolute atomic E-state index is 13.6. The molecule has 10 rings (SSSR count). The van der Waals surface area contributed by atoms with Crippen molar-refractivity contribution in [1.29, 1.82) is 5.26 Å². The molecule has 2 saturated heterocycles. The number of carbonyl (C=O) groups is 3. The average molecular weight is 1360 g/mol. The summed E-state index contributed by atoms with van der Waals surface area (Å²) in [6.07, 6.45) is 14.9. The molecule has 87 heavy (non-hydrogen) atoms. The van der Waals surface area contributed by atoms with Gasteiger partial charge < -0.3 is 40.6 Å². The molecule has 24 heteroatoms. The molecule has 0 N–H and O–H groups in total. The Morgan fingerprint density at radius 2 is 1.15 bits per heavy atom. The van der Waals surface area contributed by atoms with Crippen LogP contribution in [0.3, 0.4) is 0 Å². The van der Waals surface area contributed by atoms with Crippen LogP contribution in [0.5, 0.6) is 0 Å².